The number of rotatable bonds is 9. The standard InChI is InChI=1S/C26H22N4O2S2/c31-23(17-33-25-5-1-3-15-27-25)29-21-11-7-19(8-12-21)20-9-13-22(14-10-20)30-24(32)18-34-26-6-2-4-16-28-26/h1-16H,17-18H2,(H,29,31)(H,30,32). The number of pyridine rings is 2. The van der Waals surface area contributed by atoms with Gasteiger partial charge in [-0.05, 0) is 59.7 Å². The van der Waals surface area contributed by atoms with Crippen LogP contribution in [0.5, 0.6) is 0 Å². The highest BCUT2D eigenvalue weighted by atomic mass is 32.2. The summed E-state index contributed by atoms with van der Waals surface area (Å²) >= 11 is 2.80. The molecule has 0 aliphatic heterocycles. The van der Waals surface area contributed by atoms with Crippen LogP contribution >= 0.6 is 23.5 Å². The van der Waals surface area contributed by atoms with Crippen molar-refractivity contribution in [3.63, 3.8) is 0 Å². The molecule has 0 aliphatic rings. The Hall–Kier alpha value is -3.62. The van der Waals surface area contributed by atoms with Gasteiger partial charge in [-0.2, -0.15) is 0 Å². The van der Waals surface area contributed by atoms with Gasteiger partial charge in [-0.3, -0.25) is 9.59 Å². The first-order valence-electron chi connectivity index (χ1n) is 10.5. The van der Waals surface area contributed by atoms with Crippen LogP contribution in [-0.2, 0) is 9.59 Å². The molecule has 0 fully saturated rings. The van der Waals surface area contributed by atoms with Crippen LogP contribution < -0.4 is 10.6 Å². The molecule has 2 N–H and O–H groups in total. The maximum absolute atomic E-state index is 12.2. The van der Waals surface area contributed by atoms with E-state index in [-0.39, 0.29) is 11.8 Å². The number of aromatic nitrogens is 2. The molecule has 2 heterocycles. The Morgan fingerprint density at radius 2 is 1.00 bits per heavy atom. The molecule has 0 atom stereocenters. The second-order valence-corrected chi connectivity index (χ2v) is 9.16. The number of nitrogens with zero attached hydrogens (tertiary/aromatic N) is 2. The molecule has 0 unspecified atom stereocenters. The molecule has 0 saturated carbocycles. The highest BCUT2D eigenvalue weighted by Gasteiger charge is 2.07. The van der Waals surface area contributed by atoms with E-state index in [1.54, 1.807) is 12.4 Å². The molecule has 0 saturated heterocycles. The summed E-state index contributed by atoms with van der Waals surface area (Å²) in [7, 11) is 0. The van der Waals surface area contributed by atoms with Crippen LogP contribution in [0.3, 0.4) is 0 Å². The third-order valence-electron chi connectivity index (χ3n) is 4.65. The lowest BCUT2D eigenvalue weighted by Gasteiger charge is -2.08. The molecule has 170 valence electrons. The van der Waals surface area contributed by atoms with Crippen LogP contribution in [-0.4, -0.2) is 33.3 Å². The van der Waals surface area contributed by atoms with E-state index in [1.807, 2.05) is 84.9 Å². The molecular formula is C26H22N4O2S2. The Morgan fingerprint density at radius 3 is 1.35 bits per heavy atom. The highest BCUT2D eigenvalue weighted by Crippen LogP contribution is 2.24. The first-order chi connectivity index (χ1) is 16.7. The number of carbonyl (C=O) groups excluding carboxylic acids is 2. The van der Waals surface area contributed by atoms with Gasteiger partial charge < -0.3 is 10.6 Å². The minimum Gasteiger partial charge on any atom is -0.325 e. The number of nitrogens with one attached hydrogen (secondary N) is 2. The minimum absolute atomic E-state index is 0.0790. The van der Waals surface area contributed by atoms with Crippen LogP contribution in [0.4, 0.5) is 11.4 Å². The number of carbonyl (C=O) groups is 2. The third kappa shape index (κ3) is 7.19. The number of thioether (sulfide) groups is 2. The summed E-state index contributed by atoms with van der Waals surface area (Å²) in [5.74, 6) is 0.438. The van der Waals surface area contributed by atoms with Gasteiger partial charge in [0.1, 0.15) is 0 Å². The van der Waals surface area contributed by atoms with Crippen LogP contribution in [0.1, 0.15) is 0 Å². The summed E-state index contributed by atoms with van der Waals surface area (Å²) in [6.07, 6.45) is 3.42. The van der Waals surface area contributed by atoms with Crippen molar-refractivity contribution in [1.82, 2.24) is 9.97 Å². The predicted octanol–water partition coefficient (Wildman–Crippen LogP) is 5.61. The summed E-state index contributed by atoms with van der Waals surface area (Å²) in [6.45, 7) is 0. The van der Waals surface area contributed by atoms with Crippen LogP contribution in [0.25, 0.3) is 11.1 Å². The first-order valence-corrected chi connectivity index (χ1v) is 12.5. The minimum atomic E-state index is -0.0790. The summed E-state index contributed by atoms with van der Waals surface area (Å²) in [5.41, 5.74) is 3.52. The van der Waals surface area contributed by atoms with Crippen molar-refractivity contribution in [3.8, 4) is 11.1 Å². The number of hydrogen-bond donors (Lipinski definition) is 2. The molecular weight excluding hydrogens is 464 g/mol. The van der Waals surface area contributed by atoms with Crippen molar-refractivity contribution in [1.29, 1.82) is 0 Å². The molecule has 0 radical (unpaired) electrons. The van der Waals surface area contributed by atoms with Gasteiger partial charge in [0.2, 0.25) is 11.8 Å². The van der Waals surface area contributed by atoms with E-state index in [4.69, 9.17) is 0 Å². The summed E-state index contributed by atoms with van der Waals surface area (Å²) in [4.78, 5) is 32.8. The number of anilines is 2. The average molecular weight is 487 g/mol. The molecule has 2 aromatic carbocycles. The molecule has 6 nitrogen and oxygen atoms in total. The third-order valence-corrected chi connectivity index (χ3v) is 6.54. The van der Waals surface area contributed by atoms with Crippen molar-refractivity contribution in [2.45, 2.75) is 10.1 Å². The van der Waals surface area contributed by atoms with E-state index in [2.05, 4.69) is 20.6 Å². The summed E-state index contributed by atoms with van der Waals surface area (Å²) in [5, 5.41) is 7.45. The van der Waals surface area contributed by atoms with Crippen LogP contribution in [0.15, 0.2) is 107 Å². The maximum atomic E-state index is 12.2. The Balaban J connectivity index is 1.26. The molecule has 0 bridgehead atoms. The molecule has 0 spiro atoms. The van der Waals surface area contributed by atoms with Crippen LogP contribution in [0.2, 0.25) is 0 Å². The zero-order chi connectivity index (χ0) is 23.6. The topological polar surface area (TPSA) is 84.0 Å². The number of hydrogen-bond acceptors (Lipinski definition) is 6. The lowest BCUT2D eigenvalue weighted by molar-refractivity contribution is -0.114. The van der Waals surface area contributed by atoms with Gasteiger partial charge in [0.25, 0.3) is 0 Å². The quantitative estimate of drug-likeness (QED) is 0.299. The molecule has 2 aromatic heterocycles. The van der Waals surface area contributed by atoms with Gasteiger partial charge >= 0.3 is 0 Å². The van der Waals surface area contributed by atoms with Crippen molar-refractivity contribution in [2.75, 3.05) is 22.1 Å². The molecule has 34 heavy (non-hydrogen) atoms. The largest absolute Gasteiger partial charge is 0.325 e. The normalized spacial score (nSPS) is 10.5. The van der Waals surface area contributed by atoms with Gasteiger partial charge in [0, 0.05) is 23.8 Å². The fourth-order valence-electron chi connectivity index (χ4n) is 3.03. The fraction of sp³-hybridized carbons (Fsp3) is 0.0769. The smallest absolute Gasteiger partial charge is 0.234 e. The van der Waals surface area contributed by atoms with Gasteiger partial charge in [0.15, 0.2) is 0 Å². The summed E-state index contributed by atoms with van der Waals surface area (Å²) in [6, 6.07) is 26.6. The molecule has 4 rings (SSSR count). The molecule has 2 amide bonds. The van der Waals surface area contributed by atoms with Gasteiger partial charge in [-0.15, -0.1) is 0 Å². The second kappa shape index (κ2) is 12.0. The van der Waals surface area contributed by atoms with E-state index in [1.165, 1.54) is 23.5 Å². The van der Waals surface area contributed by atoms with E-state index in [0.717, 1.165) is 32.6 Å². The maximum Gasteiger partial charge on any atom is 0.234 e. The Morgan fingerprint density at radius 1 is 0.588 bits per heavy atom. The predicted molar refractivity (Wildman–Crippen MR) is 139 cm³/mol. The van der Waals surface area contributed by atoms with Gasteiger partial charge in [-0.1, -0.05) is 59.9 Å². The molecule has 0 aliphatic carbocycles. The zero-order valence-corrected chi connectivity index (χ0v) is 19.8. The number of benzene rings is 2. The van der Waals surface area contributed by atoms with E-state index < -0.39 is 0 Å². The monoisotopic (exact) mass is 486 g/mol. The van der Waals surface area contributed by atoms with Gasteiger partial charge in [0.05, 0.1) is 21.6 Å². The Kier molecular flexibility index (Phi) is 8.32. The highest BCUT2D eigenvalue weighted by molar-refractivity contribution is 8.00. The Labute approximate surface area is 206 Å². The summed E-state index contributed by atoms with van der Waals surface area (Å²) < 4.78 is 0. The van der Waals surface area contributed by atoms with Crippen molar-refractivity contribution >= 4 is 46.7 Å². The average Bonchev–Trinajstić information content (AvgIpc) is 2.88. The molecule has 4 aromatic rings. The van der Waals surface area contributed by atoms with Crippen molar-refractivity contribution in [3.05, 3.63) is 97.3 Å². The Bertz CT molecular complexity index is 1120. The lowest BCUT2D eigenvalue weighted by atomic mass is 10.0. The van der Waals surface area contributed by atoms with Crippen molar-refractivity contribution < 1.29 is 9.59 Å². The lowest BCUT2D eigenvalue weighted by Crippen LogP contribution is -2.14. The fourth-order valence-corrected chi connectivity index (χ4v) is 4.35. The number of amides is 2. The van der Waals surface area contributed by atoms with Crippen LogP contribution in [0, 0.1) is 0 Å². The zero-order valence-electron chi connectivity index (χ0n) is 18.2. The second-order valence-electron chi connectivity index (χ2n) is 7.16. The SMILES string of the molecule is O=C(CSc1ccccn1)Nc1ccc(-c2ccc(NC(=O)CSc3ccccn3)cc2)cc1. The van der Waals surface area contributed by atoms with Crippen molar-refractivity contribution in [2.24, 2.45) is 0 Å². The van der Waals surface area contributed by atoms with Gasteiger partial charge in [-0.25, -0.2) is 9.97 Å². The first kappa shape index (κ1) is 23.5. The van der Waals surface area contributed by atoms with E-state index >= 15 is 0 Å². The van der Waals surface area contributed by atoms with E-state index in [9.17, 15) is 9.59 Å². The van der Waals surface area contributed by atoms with E-state index in [0.29, 0.717) is 11.5 Å². The molecule has 8 heteroatoms.